The zero-order chi connectivity index (χ0) is 16.8. The molecule has 5 heteroatoms. The van der Waals surface area contributed by atoms with Gasteiger partial charge in [-0.05, 0) is 37.0 Å². The van der Waals surface area contributed by atoms with Crippen molar-refractivity contribution in [1.82, 2.24) is 10.6 Å². The van der Waals surface area contributed by atoms with Gasteiger partial charge in [0.05, 0.1) is 0 Å². The molecule has 3 rings (SSSR count). The van der Waals surface area contributed by atoms with Crippen LogP contribution in [-0.2, 0) is 11.3 Å². The lowest BCUT2D eigenvalue weighted by Crippen LogP contribution is -2.55. The Morgan fingerprint density at radius 2 is 2.00 bits per heavy atom. The summed E-state index contributed by atoms with van der Waals surface area (Å²) in [5.74, 6) is 1.20. The molecule has 0 aliphatic heterocycles. The van der Waals surface area contributed by atoms with Gasteiger partial charge in [-0.3, -0.25) is 0 Å². The highest BCUT2D eigenvalue weighted by atomic mass is 32.2. The van der Waals surface area contributed by atoms with Crippen LogP contribution < -0.4 is 10.6 Å². The van der Waals surface area contributed by atoms with Crippen LogP contribution in [0, 0.1) is 0 Å². The minimum absolute atomic E-state index is 0.254. The first-order chi connectivity index (χ1) is 11.7. The van der Waals surface area contributed by atoms with Crippen LogP contribution in [0.5, 0.6) is 0 Å². The fourth-order valence-corrected chi connectivity index (χ4v) is 4.84. The van der Waals surface area contributed by atoms with E-state index in [1.54, 1.807) is 0 Å². The van der Waals surface area contributed by atoms with Crippen molar-refractivity contribution in [2.75, 3.05) is 5.75 Å². The highest BCUT2D eigenvalue weighted by molar-refractivity contribution is 7.99. The maximum absolute atomic E-state index is 11.9. The number of alkyl carbamates (subject to hydrolysis) is 1. The minimum Gasteiger partial charge on any atom is -0.445 e. The molecule has 1 amide bonds. The van der Waals surface area contributed by atoms with Crippen LogP contribution in [0.2, 0.25) is 0 Å². The normalized spacial score (nSPS) is 29.0. The van der Waals surface area contributed by atoms with Crippen molar-refractivity contribution in [2.45, 2.75) is 69.0 Å². The minimum atomic E-state index is -0.303. The van der Waals surface area contributed by atoms with Crippen LogP contribution in [-0.4, -0.2) is 35.2 Å². The van der Waals surface area contributed by atoms with Crippen LogP contribution in [0.15, 0.2) is 30.3 Å². The molecule has 0 bridgehead atoms. The first kappa shape index (κ1) is 17.6. The molecule has 2 saturated carbocycles. The van der Waals surface area contributed by atoms with E-state index in [2.05, 4.69) is 29.3 Å². The van der Waals surface area contributed by atoms with E-state index >= 15 is 0 Å². The molecule has 2 aliphatic carbocycles. The van der Waals surface area contributed by atoms with Gasteiger partial charge in [-0.25, -0.2) is 4.79 Å². The Bertz CT molecular complexity index is 519. The van der Waals surface area contributed by atoms with E-state index in [0.29, 0.717) is 18.7 Å². The van der Waals surface area contributed by atoms with E-state index in [9.17, 15) is 4.79 Å². The third-order valence-corrected chi connectivity index (χ3v) is 6.28. The Morgan fingerprint density at radius 1 is 1.21 bits per heavy atom. The number of carbonyl (C=O) groups excluding carboxylic acids is 1. The van der Waals surface area contributed by atoms with Crippen LogP contribution in [0.1, 0.15) is 44.6 Å². The van der Waals surface area contributed by atoms with Gasteiger partial charge in [0.25, 0.3) is 0 Å². The van der Waals surface area contributed by atoms with Gasteiger partial charge in [0.2, 0.25) is 0 Å². The van der Waals surface area contributed by atoms with Gasteiger partial charge in [0.1, 0.15) is 6.61 Å². The summed E-state index contributed by atoms with van der Waals surface area (Å²) in [6.45, 7) is 2.57. The van der Waals surface area contributed by atoms with Crippen LogP contribution in [0.4, 0.5) is 4.79 Å². The number of amides is 1. The molecule has 0 saturated heterocycles. The maximum Gasteiger partial charge on any atom is 0.407 e. The SMILES string of the molecule is CCSC1CCCC1NC1CC(NC(=O)OCc2ccccc2)C1. The van der Waals surface area contributed by atoms with Crippen molar-refractivity contribution in [2.24, 2.45) is 0 Å². The van der Waals surface area contributed by atoms with Crippen LogP contribution in [0.25, 0.3) is 0 Å². The van der Waals surface area contributed by atoms with Gasteiger partial charge in [-0.2, -0.15) is 11.8 Å². The first-order valence-electron chi connectivity index (χ1n) is 9.09. The van der Waals surface area contributed by atoms with Gasteiger partial charge in [-0.1, -0.05) is 43.7 Å². The molecule has 132 valence electrons. The molecular weight excluding hydrogens is 320 g/mol. The second-order valence-corrected chi connectivity index (χ2v) is 8.29. The highest BCUT2D eigenvalue weighted by Gasteiger charge is 2.35. The summed E-state index contributed by atoms with van der Waals surface area (Å²) in [7, 11) is 0. The fraction of sp³-hybridized carbons (Fsp3) is 0.632. The first-order valence-corrected chi connectivity index (χ1v) is 10.1. The molecule has 1 aromatic rings. The van der Waals surface area contributed by atoms with E-state index in [1.165, 1.54) is 25.0 Å². The Hall–Kier alpha value is -1.20. The highest BCUT2D eigenvalue weighted by Crippen LogP contribution is 2.32. The maximum atomic E-state index is 11.9. The number of hydrogen-bond donors (Lipinski definition) is 2. The number of hydrogen-bond acceptors (Lipinski definition) is 4. The van der Waals surface area contributed by atoms with Crippen molar-refractivity contribution >= 4 is 17.9 Å². The number of benzene rings is 1. The largest absolute Gasteiger partial charge is 0.445 e. The summed E-state index contributed by atoms with van der Waals surface area (Å²) in [4.78, 5) is 11.9. The van der Waals surface area contributed by atoms with Crippen molar-refractivity contribution in [3.05, 3.63) is 35.9 Å². The zero-order valence-electron chi connectivity index (χ0n) is 14.4. The Labute approximate surface area is 149 Å². The van der Waals surface area contributed by atoms with E-state index in [1.807, 2.05) is 30.3 Å². The Kier molecular flexibility index (Phi) is 6.44. The average molecular weight is 349 g/mol. The molecule has 2 unspecified atom stereocenters. The molecule has 4 nitrogen and oxygen atoms in total. The molecule has 2 aliphatic rings. The van der Waals surface area contributed by atoms with Crippen molar-refractivity contribution in [1.29, 1.82) is 0 Å². The average Bonchev–Trinajstić information content (AvgIpc) is 2.99. The van der Waals surface area contributed by atoms with Crippen LogP contribution >= 0.6 is 11.8 Å². The molecule has 0 heterocycles. The lowest BCUT2D eigenvalue weighted by Gasteiger charge is -2.39. The Balaban J connectivity index is 1.31. The third kappa shape index (κ3) is 4.90. The fourth-order valence-electron chi connectivity index (χ4n) is 3.64. The Morgan fingerprint density at radius 3 is 2.75 bits per heavy atom. The lowest BCUT2D eigenvalue weighted by molar-refractivity contribution is 0.124. The summed E-state index contributed by atoms with van der Waals surface area (Å²) < 4.78 is 5.28. The van der Waals surface area contributed by atoms with Gasteiger partial charge in [-0.15, -0.1) is 0 Å². The molecule has 2 atom stereocenters. The molecule has 2 fully saturated rings. The van der Waals surface area contributed by atoms with Gasteiger partial charge in [0.15, 0.2) is 0 Å². The van der Waals surface area contributed by atoms with Crippen LogP contribution in [0.3, 0.4) is 0 Å². The zero-order valence-corrected chi connectivity index (χ0v) is 15.2. The summed E-state index contributed by atoms with van der Waals surface area (Å²) in [6, 6.07) is 11.2. The molecule has 24 heavy (non-hydrogen) atoms. The van der Waals surface area contributed by atoms with Gasteiger partial charge < -0.3 is 15.4 Å². The van der Waals surface area contributed by atoms with E-state index < -0.39 is 0 Å². The molecule has 0 aromatic heterocycles. The number of rotatable bonds is 7. The quantitative estimate of drug-likeness (QED) is 0.789. The second-order valence-electron chi connectivity index (χ2n) is 6.77. The van der Waals surface area contributed by atoms with E-state index in [4.69, 9.17) is 4.74 Å². The van der Waals surface area contributed by atoms with Crippen molar-refractivity contribution in [3.8, 4) is 0 Å². The number of carbonyl (C=O) groups is 1. The summed E-state index contributed by atoms with van der Waals surface area (Å²) in [6.07, 6.45) is 5.71. The molecular formula is C19H28N2O2S. The predicted octanol–water partition coefficient (Wildman–Crippen LogP) is 3.71. The molecule has 1 aromatic carbocycles. The lowest BCUT2D eigenvalue weighted by atomic mass is 9.86. The molecule has 0 spiro atoms. The topological polar surface area (TPSA) is 50.4 Å². The van der Waals surface area contributed by atoms with E-state index in [0.717, 1.165) is 23.7 Å². The van der Waals surface area contributed by atoms with Gasteiger partial charge >= 0.3 is 6.09 Å². The number of nitrogens with one attached hydrogen (secondary N) is 2. The number of ether oxygens (including phenoxy) is 1. The van der Waals surface area contributed by atoms with Crippen molar-refractivity contribution in [3.63, 3.8) is 0 Å². The monoisotopic (exact) mass is 348 g/mol. The van der Waals surface area contributed by atoms with Crippen molar-refractivity contribution < 1.29 is 9.53 Å². The van der Waals surface area contributed by atoms with E-state index in [-0.39, 0.29) is 12.1 Å². The smallest absolute Gasteiger partial charge is 0.407 e. The van der Waals surface area contributed by atoms with Gasteiger partial charge in [0, 0.05) is 23.4 Å². The summed E-state index contributed by atoms with van der Waals surface area (Å²) >= 11 is 2.09. The third-order valence-electron chi connectivity index (χ3n) is 4.96. The number of thioether (sulfide) groups is 1. The summed E-state index contributed by atoms with van der Waals surface area (Å²) in [5, 5.41) is 7.55. The second kappa shape index (κ2) is 8.77. The predicted molar refractivity (Wildman–Crippen MR) is 99.3 cm³/mol. The standard InChI is InChI=1S/C19H28N2O2S/c1-2-24-18-10-6-9-17(18)20-15-11-16(12-15)21-19(22)23-13-14-7-4-3-5-8-14/h3-5,7-8,15-18,20H,2,6,9-13H2,1H3,(H,21,22). The summed E-state index contributed by atoms with van der Waals surface area (Å²) in [5.41, 5.74) is 1.02. The molecule has 0 radical (unpaired) electrons. The molecule has 2 N–H and O–H groups in total.